The Morgan fingerprint density at radius 3 is 2.22 bits per heavy atom. The van der Waals surface area contributed by atoms with Gasteiger partial charge in [-0.05, 0) is 143 Å². The number of amidine groups is 1. The van der Waals surface area contributed by atoms with Crippen LogP contribution in [0.1, 0.15) is 146 Å². The van der Waals surface area contributed by atoms with Crippen LogP contribution in [0.15, 0.2) is 112 Å². The SMILES string of the molecule is CC1=NNC2C(CC(=O)N[C@@H](C)c3ccc(C4CCN(CCOCC(=O)N[C@H](C(=O)C5CC(O)CC5C(=O)NCc5ccc(C6=C(C)C=CC6)cc5)C(C)(C)C)CC4)cc3)N=C(c3ccc(C)cc3)C3C(C)=C(C)CC3N12. The Hall–Kier alpha value is -6.22. The van der Waals surface area contributed by atoms with Crippen LogP contribution in [-0.2, 0) is 30.5 Å². The molecule has 3 aliphatic carbocycles. The number of aliphatic hydroxyl groups is 1. The maximum absolute atomic E-state index is 14.2. The van der Waals surface area contributed by atoms with E-state index < -0.39 is 29.4 Å². The predicted octanol–water partition coefficient (Wildman–Crippen LogP) is 8.46. The number of fused-ring (bicyclic) bond motifs is 3. The van der Waals surface area contributed by atoms with Gasteiger partial charge in [0.1, 0.15) is 18.6 Å². The summed E-state index contributed by atoms with van der Waals surface area (Å²) in [7, 11) is 0. The van der Waals surface area contributed by atoms with Gasteiger partial charge in [0.05, 0.1) is 48.9 Å². The highest BCUT2D eigenvalue weighted by Gasteiger charge is 2.49. The van der Waals surface area contributed by atoms with Gasteiger partial charge < -0.3 is 35.6 Å². The van der Waals surface area contributed by atoms with Crippen molar-refractivity contribution in [3.05, 3.63) is 135 Å². The Morgan fingerprint density at radius 1 is 0.857 bits per heavy atom. The first-order chi connectivity index (χ1) is 36.8. The Kier molecular flexibility index (Phi) is 17.2. The lowest BCUT2D eigenvalue weighted by Gasteiger charge is -2.35. The van der Waals surface area contributed by atoms with Crippen LogP contribution in [0.3, 0.4) is 0 Å². The summed E-state index contributed by atoms with van der Waals surface area (Å²) in [5, 5.41) is 24.6. The number of aliphatic hydroxyl groups excluding tert-OH is 1. The zero-order valence-corrected chi connectivity index (χ0v) is 46.8. The van der Waals surface area contributed by atoms with Gasteiger partial charge in [-0.2, -0.15) is 5.10 Å². The number of benzene rings is 3. The number of ether oxygens (including phenoxy) is 1. The number of hydrogen-bond donors (Lipinski definition) is 5. The molecule has 0 radical (unpaired) electrons. The number of aliphatic imine (C=N–C) groups is 1. The first-order valence-electron chi connectivity index (χ1n) is 28.2. The zero-order chi connectivity index (χ0) is 54.7. The first kappa shape index (κ1) is 55.5. The zero-order valence-electron chi connectivity index (χ0n) is 46.8. The normalized spacial score (nSPS) is 25.4. The largest absolute Gasteiger partial charge is 0.393 e. The molecular weight excluding hydrogens is 965 g/mol. The molecule has 14 nitrogen and oxygen atoms in total. The smallest absolute Gasteiger partial charge is 0.246 e. The number of nitrogens with zero attached hydrogens (tertiary/aromatic N) is 4. The number of amides is 3. The fourth-order valence-electron chi connectivity index (χ4n) is 12.8. The first-order valence-corrected chi connectivity index (χ1v) is 28.2. The van der Waals surface area contributed by atoms with Crippen molar-refractivity contribution in [3.8, 4) is 0 Å². The number of hydrazone groups is 1. The van der Waals surface area contributed by atoms with Crippen LogP contribution in [0.2, 0.25) is 0 Å². The Labute approximate surface area is 456 Å². The average molecular weight is 1050 g/mol. The number of rotatable bonds is 18. The molecule has 6 aliphatic rings. The van der Waals surface area contributed by atoms with E-state index in [1.807, 2.05) is 46.8 Å². The maximum Gasteiger partial charge on any atom is 0.246 e. The average Bonchev–Trinajstić information content (AvgIpc) is 4.28. The summed E-state index contributed by atoms with van der Waals surface area (Å²) >= 11 is 0. The Morgan fingerprint density at radius 2 is 1.55 bits per heavy atom. The molecule has 1 saturated heterocycles. The van der Waals surface area contributed by atoms with E-state index >= 15 is 0 Å². The molecule has 3 amide bonds. The number of Topliss-reactive ketones (excluding diaryl/α,β-unsaturated/α-hetero) is 1. The van der Waals surface area contributed by atoms with Crippen LogP contribution in [0.25, 0.3) is 5.57 Å². The molecule has 14 heteroatoms. The third-order valence-corrected chi connectivity index (χ3v) is 17.4. The lowest BCUT2D eigenvalue weighted by atomic mass is 9.77. The number of nitrogens with one attached hydrogen (secondary N) is 4. The molecule has 77 heavy (non-hydrogen) atoms. The highest BCUT2D eigenvalue weighted by Crippen LogP contribution is 2.43. The summed E-state index contributed by atoms with van der Waals surface area (Å²) in [6.07, 6.45) is 7.76. The molecule has 410 valence electrons. The number of carbonyl (C=O) groups excluding carboxylic acids is 4. The Bertz CT molecular complexity index is 2820. The molecule has 3 aliphatic heterocycles. The van der Waals surface area contributed by atoms with E-state index in [1.165, 1.54) is 39.0 Å². The highest BCUT2D eigenvalue weighted by atomic mass is 16.5. The fourth-order valence-corrected chi connectivity index (χ4v) is 12.8. The summed E-state index contributed by atoms with van der Waals surface area (Å²) in [6, 6.07) is 24.3. The van der Waals surface area contributed by atoms with Gasteiger partial charge >= 0.3 is 0 Å². The van der Waals surface area contributed by atoms with E-state index in [2.05, 4.69) is 137 Å². The molecular formula is C63H82N8O6. The topological polar surface area (TPSA) is 177 Å². The highest BCUT2D eigenvalue weighted by molar-refractivity contribution is 6.06. The van der Waals surface area contributed by atoms with Crippen LogP contribution in [0.4, 0.5) is 0 Å². The van der Waals surface area contributed by atoms with Crippen LogP contribution < -0.4 is 21.4 Å². The van der Waals surface area contributed by atoms with E-state index in [1.54, 1.807) is 0 Å². The number of aryl methyl sites for hydroxylation is 1. The van der Waals surface area contributed by atoms with Gasteiger partial charge in [-0.1, -0.05) is 122 Å². The summed E-state index contributed by atoms with van der Waals surface area (Å²) in [6.45, 7) is 21.5. The number of allylic oxidation sites excluding steroid dienone is 4. The van der Waals surface area contributed by atoms with Crippen molar-refractivity contribution in [2.45, 2.75) is 156 Å². The van der Waals surface area contributed by atoms with Crippen molar-refractivity contribution in [2.75, 3.05) is 32.8 Å². The Balaban J connectivity index is 0.711. The molecule has 3 aromatic carbocycles. The second-order valence-electron chi connectivity index (χ2n) is 23.9. The summed E-state index contributed by atoms with van der Waals surface area (Å²) in [4.78, 5) is 65.2. The standard InChI is InChI=1S/C63H82N8O6/c1-37-13-17-48(18-14-37)58-57-40(4)39(3)31-54(57)71-42(6)68-69-61(71)53(66-58)34-55(73)65-41(5)44-21-23-45(24-22-44)46-25-27-70(28-26-46)29-30-77-36-56(74)67-60(63(7,8)9)59(75)51-32-49(72)33-52(51)62(76)64-35-43-15-19-47(20-16-43)50-12-10-11-38(50)2/h10-11,13-24,41,46,49,51-54,57,60-61,69,72H,12,25-36H2,1-9H3,(H,64,76)(H,65,73)(H,67,74)/t41-,49?,51?,52?,53?,54?,57?,60+,61?/m0/s1. The van der Waals surface area contributed by atoms with Crippen molar-refractivity contribution in [3.63, 3.8) is 0 Å². The summed E-state index contributed by atoms with van der Waals surface area (Å²) < 4.78 is 5.88. The van der Waals surface area contributed by atoms with E-state index in [0.717, 1.165) is 67.0 Å². The minimum absolute atomic E-state index is 0.0439. The maximum atomic E-state index is 14.2. The van der Waals surface area contributed by atoms with Gasteiger partial charge in [0, 0.05) is 31.0 Å². The third-order valence-electron chi connectivity index (χ3n) is 17.4. The molecule has 9 atom stereocenters. The van der Waals surface area contributed by atoms with Crippen LogP contribution in [0.5, 0.6) is 0 Å². The molecule has 0 aromatic heterocycles. The summed E-state index contributed by atoms with van der Waals surface area (Å²) in [5.74, 6) is -0.871. The van der Waals surface area contributed by atoms with Gasteiger partial charge in [-0.3, -0.25) is 29.6 Å². The molecule has 3 aromatic rings. The fraction of sp³-hybridized carbons (Fsp3) is 0.524. The number of piperidine rings is 1. The number of hydrogen-bond acceptors (Lipinski definition) is 11. The number of ketones is 1. The van der Waals surface area contributed by atoms with Crippen LogP contribution >= 0.6 is 0 Å². The molecule has 0 bridgehead atoms. The van der Waals surface area contributed by atoms with E-state index in [9.17, 15) is 24.3 Å². The van der Waals surface area contributed by atoms with Gasteiger partial charge in [0.15, 0.2) is 5.78 Å². The monoisotopic (exact) mass is 1050 g/mol. The molecule has 3 heterocycles. The third kappa shape index (κ3) is 12.7. The van der Waals surface area contributed by atoms with Crippen molar-refractivity contribution in [2.24, 2.45) is 33.3 Å². The van der Waals surface area contributed by atoms with Crippen LogP contribution in [-0.4, -0.2) is 113 Å². The second kappa shape index (κ2) is 23.8. The van der Waals surface area contributed by atoms with Gasteiger partial charge in [-0.15, -0.1) is 0 Å². The predicted molar refractivity (Wildman–Crippen MR) is 304 cm³/mol. The lowest BCUT2D eigenvalue weighted by Crippen LogP contribution is -2.53. The minimum atomic E-state index is -0.859. The molecule has 1 saturated carbocycles. The van der Waals surface area contributed by atoms with Gasteiger partial charge in [0.25, 0.3) is 0 Å². The lowest BCUT2D eigenvalue weighted by molar-refractivity contribution is -0.138. The van der Waals surface area contributed by atoms with Gasteiger partial charge in [0.2, 0.25) is 17.7 Å². The van der Waals surface area contributed by atoms with Crippen molar-refractivity contribution >= 4 is 40.6 Å². The van der Waals surface area contributed by atoms with E-state index in [4.69, 9.17) is 9.73 Å². The van der Waals surface area contributed by atoms with Crippen molar-refractivity contribution < 1.29 is 29.0 Å². The molecule has 0 spiro atoms. The minimum Gasteiger partial charge on any atom is -0.393 e. The number of likely N-dealkylation sites (tertiary alicyclic amines) is 1. The van der Waals surface area contributed by atoms with Crippen molar-refractivity contribution in [1.29, 1.82) is 0 Å². The summed E-state index contributed by atoms with van der Waals surface area (Å²) in [5.41, 5.74) is 15.9. The molecule has 9 rings (SSSR count). The molecule has 5 N–H and O–H groups in total. The van der Waals surface area contributed by atoms with Gasteiger partial charge in [-0.25, -0.2) is 0 Å². The van der Waals surface area contributed by atoms with Crippen LogP contribution in [0, 0.1) is 30.1 Å². The van der Waals surface area contributed by atoms with E-state index in [0.29, 0.717) is 25.6 Å². The number of carbonyl (C=O) groups is 4. The molecule has 2 fully saturated rings. The second-order valence-corrected chi connectivity index (χ2v) is 23.9. The molecule has 7 unspecified atom stereocenters. The van der Waals surface area contributed by atoms with Crippen molar-refractivity contribution in [1.82, 2.24) is 31.2 Å². The van der Waals surface area contributed by atoms with E-state index in [-0.39, 0.29) is 79.6 Å². The quantitative estimate of drug-likeness (QED) is 0.0618.